The van der Waals surface area contributed by atoms with Crippen molar-refractivity contribution in [3.63, 3.8) is 0 Å². The zero-order chi connectivity index (χ0) is 18.0. The van der Waals surface area contributed by atoms with Crippen LogP contribution in [0.15, 0.2) is 33.7 Å². The summed E-state index contributed by atoms with van der Waals surface area (Å²) in [4.78, 5) is 8.36. The van der Waals surface area contributed by atoms with Crippen LogP contribution in [0.25, 0.3) is 0 Å². The first-order chi connectivity index (χ1) is 11.9. The average Bonchev–Trinajstić information content (AvgIpc) is 3.00. The molecule has 2 aromatic heterocycles. The first-order valence-corrected chi connectivity index (χ1v) is 8.82. The van der Waals surface area contributed by atoms with Gasteiger partial charge in [-0.05, 0) is 23.8 Å². The lowest BCUT2D eigenvalue weighted by atomic mass is 10.1. The van der Waals surface area contributed by atoms with Gasteiger partial charge in [0.2, 0.25) is 17.5 Å². The van der Waals surface area contributed by atoms with Crippen LogP contribution in [-0.4, -0.2) is 21.1 Å². The first kappa shape index (κ1) is 17.8. The highest BCUT2D eigenvalue weighted by molar-refractivity contribution is 6.55. The van der Waals surface area contributed by atoms with Crippen LogP contribution in [0, 0.1) is 22.7 Å². The van der Waals surface area contributed by atoms with Crippen LogP contribution in [0.2, 0.25) is 0 Å². The minimum Gasteiger partial charge on any atom is -0.423 e. The highest BCUT2D eigenvalue weighted by Gasteiger charge is 2.60. The van der Waals surface area contributed by atoms with Gasteiger partial charge in [-0.25, -0.2) is 9.97 Å². The lowest BCUT2D eigenvalue weighted by Gasteiger charge is -2.03. The van der Waals surface area contributed by atoms with E-state index in [1.807, 2.05) is 16.8 Å². The normalized spacial score (nSPS) is 20.8. The number of nitrogens with one attached hydrogen (secondary N) is 1. The minimum atomic E-state index is -0.0503. The summed E-state index contributed by atoms with van der Waals surface area (Å²) in [5, 5.41) is 12.5. The number of nitriles is 1. The van der Waals surface area contributed by atoms with Crippen molar-refractivity contribution in [2.45, 2.75) is 32.7 Å². The van der Waals surface area contributed by atoms with Gasteiger partial charge in [0.05, 0.1) is 6.33 Å². The molecular formula is C17H19Cl2N5O. The zero-order valence-electron chi connectivity index (χ0n) is 14.0. The van der Waals surface area contributed by atoms with Crippen molar-refractivity contribution in [3.05, 3.63) is 40.9 Å². The van der Waals surface area contributed by atoms with E-state index in [0.717, 1.165) is 13.0 Å². The van der Waals surface area contributed by atoms with E-state index in [1.165, 1.54) is 0 Å². The molecule has 1 aliphatic carbocycles. The number of hydrogen-bond acceptors (Lipinski definition) is 5. The molecule has 0 unspecified atom stereocenters. The third-order valence-corrected chi connectivity index (χ3v) is 4.92. The van der Waals surface area contributed by atoms with Crippen molar-refractivity contribution in [2.24, 2.45) is 11.3 Å². The van der Waals surface area contributed by atoms with Crippen molar-refractivity contribution in [2.75, 3.05) is 11.9 Å². The highest BCUT2D eigenvalue weighted by atomic mass is 35.5. The Morgan fingerprint density at radius 3 is 2.96 bits per heavy atom. The molecule has 1 N–H and O–H groups in total. The molecule has 3 rings (SSSR count). The fraction of sp³-hybridized carbons (Fsp3) is 0.471. The van der Waals surface area contributed by atoms with E-state index in [0.29, 0.717) is 18.3 Å². The molecule has 132 valence electrons. The van der Waals surface area contributed by atoms with Crippen LogP contribution in [0.5, 0.6) is 0 Å². The van der Waals surface area contributed by atoms with E-state index in [4.69, 9.17) is 27.6 Å². The van der Waals surface area contributed by atoms with Crippen LogP contribution in [-0.2, 0) is 6.54 Å². The summed E-state index contributed by atoms with van der Waals surface area (Å²) >= 11 is 11.6. The topological polar surface area (TPSA) is 79.7 Å². The number of hydrogen-bond donors (Lipinski definition) is 1. The Labute approximate surface area is 156 Å². The summed E-state index contributed by atoms with van der Waals surface area (Å²) in [6.07, 6.45) is 8.12. The van der Waals surface area contributed by atoms with E-state index in [2.05, 4.69) is 35.2 Å². The summed E-state index contributed by atoms with van der Waals surface area (Å²) in [5.74, 6) is 1.19. The molecule has 0 saturated heterocycles. The van der Waals surface area contributed by atoms with E-state index < -0.39 is 0 Å². The van der Waals surface area contributed by atoms with E-state index in [-0.39, 0.29) is 27.4 Å². The number of imidazole rings is 1. The average molecular weight is 380 g/mol. The van der Waals surface area contributed by atoms with Gasteiger partial charge in [0, 0.05) is 31.4 Å². The third-order valence-electron chi connectivity index (χ3n) is 4.67. The zero-order valence-corrected chi connectivity index (χ0v) is 15.6. The lowest BCUT2D eigenvalue weighted by molar-refractivity contribution is 0.475. The van der Waals surface area contributed by atoms with Crippen LogP contribution in [0.4, 0.5) is 5.88 Å². The number of nitrogens with zero attached hydrogens (tertiary/aromatic N) is 4. The molecule has 0 radical (unpaired) electrons. The van der Waals surface area contributed by atoms with Gasteiger partial charge in [0.1, 0.15) is 10.6 Å². The molecule has 8 heteroatoms. The molecule has 2 atom stereocenters. The lowest BCUT2D eigenvalue weighted by Crippen LogP contribution is -2.06. The molecule has 0 aromatic carbocycles. The van der Waals surface area contributed by atoms with Gasteiger partial charge in [-0.1, -0.05) is 37.0 Å². The Morgan fingerprint density at radius 2 is 2.32 bits per heavy atom. The van der Waals surface area contributed by atoms with Crippen molar-refractivity contribution in [1.29, 1.82) is 5.26 Å². The quantitative estimate of drug-likeness (QED) is 0.725. The fourth-order valence-corrected chi connectivity index (χ4v) is 3.42. The van der Waals surface area contributed by atoms with Gasteiger partial charge in [-0.2, -0.15) is 5.26 Å². The second-order valence-corrected chi connectivity index (χ2v) is 7.71. The Balaban J connectivity index is 1.64. The monoisotopic (exact) mass is 379 g/mol. The molecular weight excluding hydrogens is 361 g/mol. The molecule has 1 saturated carbocycles. The van der Waals surface area contributed by atoms with Gasteiger partial charge in [0.25, 0.3) is 0 Å². The SMILES string of the molecule is CC1(C)[C@H](C=C(Cl)Cl)[C@@H]1c1nc(C#N)c(NCCCn2ccnc2)o1. The maximum atomic E-state index is 9.30. The second kappa shape index (κ2) is 7.11. The number of halogens is 2. The predicted molar refractivity (Wildman–Crippen MR) is 96.4 cm³/mol. The highest BCUT2D eigenvalue weighted by Crippen LogP contribution is 2.65. The maximum absolute atomic E-state index is 9.30. The molecule has 2 aromatic rings. The molecule has 1 aliphatic rings. The summed E-state index contributed by atoms with van der Waals surface area (Å²) in [7, 11) is 0. The Bertz CT molecular complexity index is 800. The number of allylic oxidation sites excluding steroid dienone is 1. The van der Waals surface area contributed by atoms with Gasteiger partial charge in [-0.3, -0.25) is 0 Å². The van der Waals surface area contributed by atoms with E-state index in [9.17, 15) is 5.26 Å². The van der Waals surface area contributed by atoms with Crippen molar-refractivity contribution in [1.82, 2.24) is 14.5 Å². The van der Waals surface area contributed by atoms with Crippen LogP contribution in [0.3, 0.4) is 0 Å². The van der Waals surface area contributed by atoms with Gasteiger partial charge in [-0.15, -0.1) is 0 Å². The Kier molecular flexibility index (Phi) is 5.07. The summed E-state index contributed by atoms with van der Waals surface area (Å²) < 4.78 is 8.07. The summed E-state index contributed by atoms with van der Waals surface area (Å²) in [6.45, 7) is 5.72. The fourth-order valence-electron chi connectivity index (χ4n) is 3.14. The van der Waals surface area contributed by atoms with Crippen LogP contribution < -0.4 is 5.32 Å². The largest absolute Gasteiger partial charge is 0.423 e. The number of anilines is 1. The number of oxazole rings is 1. The maximum Gasteiger partial charge on any atom is 0.232 e. The molecule has 2 heterocycles. The van der Waals surface area contributed by atoms with Gasteiger partial charge >= 0.3 is 0 Å². The molecule has 25 heavy (non-hydrogen) atoms. The molecule has 0 spiro atoms. The molecule has 0 amide bonds. The van der Waals surface area contributed by atoms with Crippen molar-refractivity contribution >= 4 is 29.1 Å². The summed E-state index contributed by atoms with van der Waals surface area (Å²) in [5.41, 5.74) is 0.228. The molecule has 0 aliphatic heterocycles. The van der Waals surface area contributed by atoms with Crippen molar-refractivity contribution in [3.8, 4) is 6.07 Å². The standard InChI is InChI=1S/C17H19Cl2N5O/c1-17(2)11(8-13(18)19)14(17)16-23-12(9-20)15(25-16)22-4-3-6-24-7-5-21-10-24/h5,7-8,10-11,14,22H,3-4,6H2,1-2H3/t11-,14-/m1/s1. The molecule has 1 fully saturated rings. The second-order valence-electron chi connectivity index (χ2n) is 6.70. The van der Waals surface area contributed by atoms with Crippen molar-refractivity contribution < 1.29 is 4.42 Å². The molecule has 6 nitrogen and oxygen atoms in total. The molecule has 0 bridgehead atoms. The van der Waals surface area contributed by atoms with Crippen LogP contribution in [0.1, 0.15) is 37.8 Å². The van der Waals surface area contributed by atoms with Crippen LogP contribution >= 0.6 is 23.2 Å². The number of rotatable bonds is 7. The van der Waals surface area contributed by atoms with Gasteiger partial charge < -0.3 is 14.3 Å². The minimum absolute atomic E-state index is 0.0503. The smallest absolute Gasteiger partial charge is 0.232 e. The third kappa shape index (κ3) is 3.83. The number of aromatic nitrogens is 3. The van der Waals surface area contributed by atoms with E-state index >= 15 is 0 Å². The summed E-state index contributed by atoms with van der Waals surface area (Å²) in [6, 6.07) is 2.09. The number of aryl methyl sites for hydroxylation is 1. The Hall–Kier alpha value is -1.97. The first-order valence-electron chi connectivity index (χ1n) is 8.06. The Morgan fingerprint density at radius 1 is 1.52 bits per heavy atom. The van der Waals surface area contributed by atoms with Gasteiger partial charge in [0.15, 0.2) is 0 Å². The predicted octanol–water partition coefficient (Wildman–Crippen LogP) is 4.30. The van der Waals surface area contributed by atoms with E-state index in [1.54, 1.807) is 12.5 Å².